The van der Waals surface area contributed by atoms with E-state index in [1.165, 1.54) is 0 Å². The van der Waals surface area contributed by atoms with Crippen LogP contribution in [0.4, 0.5) is 0 Å². The third-order valence-electron chi connectivity index (χ3n) is 2.17. The smallest absolute Gasteiger partial charge is 0.157 e. The second kappa shape index (κ2) is 11.7. The summed E-state index contributed by atoms with van der Waals surface area (Å²) in [4.78, 5) is 0. The van der Waals surface area contributed by atoms with E-state index in [0.717, 1.165) is 51.7 Å². The predicted octanol–water partition coefficient (Wildman–Crippen LogP) is 3.72. The molecule has 0 atom stereocenters. The number of hydrogen-bond acceptors (Lipinski definition) is 2. The van der Waals surface area contributed by atoms with Crippen LogP contribution in [0, 0.1) is 6.58 Å². The maximum absolute atomic E-state index is 5.63. The largest absolute Gasteiger partial charge is 0.353 e. The molecule has 0 unspecified atom stereocenters. The zero-order valence-corrected chi connectivity index (χ0v) is 10.2. The minimum Gasteiger partial charge on any atom is -0.353 e. The van der Waals surface area contributed by atoms with Crippen LogP contribution in [-0.4, -0.2) is 19.5 Å². The summed E-state index contributed by atoms with van der Waals surface area (Å²) in [6.45, 7) is 11.2. The van der Waals surface area contributed by atoms with Crippen molar-refractivity contribution in [3.8, 4) is 0 Å². The Morgan fingerprint density at radius 2 is 1.60 bits per heavy atom. The molecule has 2 heteroatoms. The van der Waals surface area contributed by atoms with Gasteiger partial charge in [0.15, 0.2) is 6.29 Å². The first-order valence-electron chi connectivity index (χ1n) is 6.11. The first-order valence-corrected chi connectivity index (χ1v) is 6.11. The molecule has 2 nitrogen and oxygen atoms in total. The molecule has 0 spiro atoms. The van der Waals surface area contributed by atoms with Gasteiger partial charge in [-0.15, -0.1) is 0 Å². The van der Waals surface area contributed by atoms with Gasteiger partial charge in [0.1, 0.15) is 0 Å². The standard InChI is InChI=1S/C13H25O2/c1-4-7-10-13(14-11-8-5-2)15-12-9-6-3/h1,4,13H,5-12H2,2-3H3. The molecule has 0 aromatic carbocycles. The number of hydrogen-bond donors (Lipinski definition) is 0. The van der Waals surface area contributed by atoms with Gasteiger partial charge in [0.25, 0.3) is 0 Å². The molecule has 0 N–H and O–H groups in total. The van der Waals surface area contributed by atoms with E-state index in [4.69, 9.17) is 16.1 Å². The highest BCUT2D eigenvalue weighted by molar-refractivity contribution is 4.63. The third-order valence-corrected chi connectivity index (χ3v) is 2.17. The molecular weight excluding hydrogens is 188 g/mol. The molecule has 89 valence electrons. The Bertz CT molecular complexity index is 124. The van der Waals surface area contributed by atoms with E-state index in [9.17, 15) is 0 Å². The molecule has 0 bridgehead atoms. The minimum absolute atomic E-state index is 0.0668. The van der Waals surface area contributed by atoms with Gasteiger partial charge in [-0.05, 0) is 19.3 Å². The maximum Gasteiger partial charge on any atom is 0.157 e. The molecule has 0 aliphatic rings. The molecule has 15 heavy (non-hydrogen) atoms. The molecule has 0 rings (SSSR count). The summed E-state index contributed by atoms with van der Waals surface area (Å²) in [5.74, 6) is 0. The number of ether oxygens (including phenoxy) is 2. The molecule has 0 amide bonds. The first kappa shape index (κ1) is 14.7. The lowest BCUT2D eigenvalue weighted by Crippen LogP contribution is -2.18. The fraction of sp³-hybridized carbons (Fsp3) is 0.846. The Balaban J connectivity index is 3.57. The highest BCUT2D eigenvalue weighted by Crippen LogP contribution is 2.07. The first-order chi connectivity index (χ1) is 7.35. The van der Waals surface area contributed by atoms with E-state index in [-0.39, 0.29) is 6.29 Å². The van der Waals surface area contributed by atoms with E-state index in [0.29, 0.717) is 0 Å². The minimum atomic E-state index is -0.0668. The summed E-state index contributed by atoms with van der Waals surface area (Å²) in [6, 6.07) is 0. The lowest BCUT2D eigenvalue weighted by molar-refractivity contribution is -0.146. The van der Waals surface area contributed by atoms with E-state index >= 15 is 0 Å². The monoisotopic (exact) mass is 213 g/mol. The quantitative estimate of drug-likeness (QED) is 0.385. The Morgan fingerprint density at radius 3 is 2.00 bits per heavy atom. The van der Waals surface area contributed by atoms with Crippen LogP contribution in [0.5, 0.6) is 0 Å². The van der Waals surface area contributed by atoms with Crippen LogP contribution < -0.4 is 0 Å². The van der Waals surface area contributed by atoms with Gasteiger partial charge in [-0.2, -0.15) is 0 Å². The fourth-order valence-electron chi connectivity index (χ4n) is 1.17. The van der Waals surface area contributed by atoms with E-state index in [1.807, 2.05) is 0 Å². The van der Waals surface area contributed by atoms with Crippen LogP contribution in [0.1, 0.15) is 52.4 Å². The summed E-state index contributed by atoms with van der Waals surface area (Å²) in [7, 11) is 0. The second-order valence-electron chi connectivity index (χ2n) is 3.69. The van der Waals surface area contributed by atoms with Gasteiger partial charge >= 0.3 is 0 Å². The normalized spacial score (nSPS) is 10.9. The SMILES string of the molecule is [CH]=CCCC(OCCCC)OCCCC. The van der Waals surface area contributed by atoms with Crippen molar-refractivity contribution in [2.45, 2.75) is 58.7 Å². The van der Waals surface area contributed by atoms with Gasteiger partial charge < -0.3 is 9.47 Å². The van der Waals surface area contributed by atoms with E-state index in [2.05, 4.69) is 13.8 Å². The fourth-order valence-corrected chi connectivity index (χ4v) is 1.17. The molecule has 0 aromatic heterocycles. The molecule has 0 aliphatic heterocycles. The number of unbranched alkanes of at least 4 members (excludes halogenated alkanes) is 2. The highest BCUT2D eigenvalue weighted by Gasteiger charge is 2.07. The Labute approximate surface area is 94.7 Å². The molecule has 0 saturated carbocycles. The maximum atomic E-state index is 5.63. The average Bonchev–Trinajstić information content (AvgIpc) is 2.25. The zero-order valence-electron chi connectivity index (χ0n) is 10.2. The lowest BCUT2D eigenvalue weighted by atomic mass is 10.3. The summed E-state index contributed by atoms with van der Waals surface area (Å²) < 4.78 is 11.3. The molecular formula is C13H25O2. The van der Waals surface area contributed by atoms with Crippen LogP contribution in [0.25, 0.3) is 0 Å². The lowest BCUT2D eigenvalue weighted by Gasteiger charge is -2.17. The van der Waals surface area contributed by atoms with Crippen molar-refractivity contribution in [2.24, 2.45) is 0 Å². The van der Waals surface area contributed by atoms with Crippen molar-refractivity contribution in [2.75, 3.05) is 13.2 Å². The summed E-state index contributed by atoms with van der Waals surface area (Å²) >= 11 is 0. The van der Waals surface area contributed by atoms with Crippen LogP contribution >= 0.6 is 0 Å². The molecule has 0 heterocycles. The van der Waals surface area contributed by atoms with Crippen LogP contribution in [0.3, 0.4) is 0 Å². The summed E-state index contributed by atoms with van der Waals surface area (Å²) in [5, 5.41) is 0. The second-order valence-corrected chi connectivity index (χ2v) is 3.69. The summed E-state index contributed by atoms with van der Waals surface area (Å²) in [5.41, 5.74) is 0. The van der Waals surface area contributed by atoms with Crippen molar-refractivity contribution in [3.05, 3.63) is 12.7 Å². The predicted molar refractivity (Wildman–Crippen MR) is 63.6 cm³/mol. The van der Waals surface area contributed by atoms with Crippen LogP contribution in [0.15, 0.2) is 6.08 Å². The Hall–Kier alpha value is -0.340. The van der Waals surface area contributed by atoms with Gasteiger partial charge in [0.2, 0.25) is 0 Å². The molecule has 0 aromatic rings. The number of allylic oxidation sites excluding steroid dienone is 1. The van der Waals surface area contributed by atoms with Gasteiger partial charge in [0, 0.05) is 19.6 Å². The Kier molecular flexibility index (Phi) is 11.5. The van der Waals surface area contributed by atoms with Gasteiger partial charge in [-0.25, -0.2) is 0 Å². The van der Waals surface area contributed by atoms with Gasteiger partial charge in [-0.1, -0.05) is 39.3 Å². The third kappa shape index (κ3) is 9.95. The zero-order chi connectivity index (χ0) is 11.4. The molecule has 0 aliphatic carbocycles. The summed E-state index contributed by atoms with van der Waals surface area (Å²) in [6.07, 6.45) is 7.82. The van der Waals surface area contributed by atoms with Crippen molar-refractivity contribution in [1.82, 2.24) is 0 Å². The van der Waals surface area contributed by atoms with Crippen LogP contribution in [-0.2, 0) is 9.47 Å². The van der Waals surface area contributed by atoms with Crippen LogP contribution in [0.2, 0.25) is 0 Å². The van der Waals surface area contributed by atoms with E-state index in [1.54, 1.807) is 6.08 Å². The van der Waals surface area contributed by atoms with Crippen molar-refractivity contribution >= 4 is 0 Å². The van der Waals surface area contributed by atoms with Crippen molar-refractivity contribution in [3.63, 3.8) is 0 Å². The van der Waals surface area contributed by atoms with Crippen molar-refractivity contribution < 1.29 is 9.47 Å². The Morgan fingerprint density at radius 1 is 1.07 bits per heavy atom. The van der Waals surface area contributed by atoms with Crippen molar-refractivity contribution in [1.29, 1.82) is 0 Å². The van der Waals surface area contributed by atoms with Gasteiger partial charge in [-0.3, -0.25) is 0 Å². The topological polar surface area (TPSA) is 18.5 Å². The number of rotatable bonds is 11. The molecule has 1 radical (unpaired) electrons. The molecule has 0 fully saturated rings. The highest BCUT2D eigenvalue weighted by atomic mass is 16.7. The van der Waals surface area contributed by atoms with E-state index < -0.39 is 0 Å². The van der Waals surface area contributed by atoms with Gasteiger partial charge in [0.05, 0.1) is 0 Å². The average molecular weight is 213 g/mol. The molecule has 0 saturated heterocycles.